The number of rotatable bonds is 4. The molecule has 0 unspecified atom stereocenters. The van der Waals surface area contributed by atoms with Crippen molar-refractivity contribution in [2.45, 2.75) is 24.4 Å². The summed E-state index contributed by atoms with van der Waals surface area (Å²) >= 11 is 1.67. The van der Waals surface area contributed by atoms with E-state index < -0.39 is 0 Å². The lowest BCUT2D eigenvalue weighted by Gasteiger charge is -2.40. The van der Waals surface area contributed by atoms with Crippen LogP contribution in [0.4, 0.5) is 5.69 Å². The maximum Gasteiger partial charge on any atom is 0.241 e. The molecule has 5 nitrogen and oxygen atoms in total. The Balaban J connectivity index is 1.49. The molecule has 0 aromatic heterocycles. The Morgan fingerprint density at radius 2 is 1.96 bits per heavy atom. The van der Waals surface area contributed by atoms with E-state index in [9.17, 15) is 4.79 Å². The molecule has 26 heavy (non-hydrogen) atoms. The van der Waals surface area contributed by atoms with Crippen LogP contribution in [0.5, 0.6) is 11.5 Å². The molecular weight excluding hydrogens is 348 g/mol. The minimum absolute atomic E-state index is 0.124. The van der Waals surface area contributed by atoms with Gasteiger partial charge in [0.15, 0.2) is 11.5 Å². The van der Waals surface area contributed by atoms with E-state index in [0.29, 0.717) is 6.54 Å². The van der Waals surface area contributed by atoms with Crippen LogP contribution in [0.3, 0.4) is 0 Å². The average molecular weight is 370 g/mol. The highest BCUT2D eigenvalue weighted by atomic mass is 32.2. The molecule has 1 saturated heterocycles. The van der Waals surface area contributed by atoms with Crippen LogP contribution >= 0.6 is 11.8 Å². The Morgan fingerprint density at radius 3 is 2.77 bits per heavy atom. The van der Waals surface area contributed by atoms with E-state index in [1.54, 1.807) is 11.8 Å². The summed E-state index contributed by atoms with van der Waals surface area (Å²) in [5.74, 6) is 1.72. The summed E-state index contributed by atoms with van der Waals surface area (Å²) in [4.78, 5) is 18.2. The van der Waals surface area contributed by atoms with Crippen LogP contribution in [0, 0.1) is 0 Å². The molecule has 2 aromatic rings. The van der Waals surface area contributed by atoms with Gasteiger partial charge < -0.3 is 14.4 Å². The van der Waals surface area contributed by atoms with E-state index in [1.165, 1.54) is 0 Å². The zero-order valence-corrected chi connectivity index (χ0v) is 15.8. The summed E-state index contributed by atoms with van der Waals surface area (Å²) in [5.41, 5.74) is 2.15. The Labute approximate surface area is 157 Å². The minimum atomic E-state index is 0.124. The van der Waals surface area contributed by atoms with Crippen LogP contribution < -0.4 is 14.4 Å². The van der Waals surface area contributed by atoms with Gasteiger partial charge in [-0.15, -0.1) is 11.8 Å². The van der Waals surface area contributed by atoms with Gasteiger partial charge in [-0.05, 0) is 43.0 Å². The van der Waals surface area contributed by atoms with Crippen LogP contribution in [-0.2, 0) is 11.3 Å². The molecule has 0 spiro atoms. The molecule has 0 saturated carbocycles. The number of benzene rings is 2. The van der Waals surface area contributed by atoms with Crippen LogP contribution in [-0.4, -0.2) is 43.0 Å². The van der Waals surface area contributed by atoms with E-state index in [1.807, 2.05) is 47.6 Å². The number of ether oxygens (including phenoxy) is 2. The van der Waals surface area contributed by atoms with Crippen molar-refractivity contribution in [2.24, 2.45) is 0 Å². The third kappa shape index (κ3) is 3.27. The van der Waals surface area contributed by atoms with Crippen molar-refractivity contribution in [1.82, 2.24) is 4.90 Å². The molecule has 0 N–H and O–H groups in total. The van der Waals surface area contributed by atoms with Gasteiger partial charge in [-0.3, -0.25) is 9.69 Å². The van der Waals surface area contributed by atoms with Crippen molar-refractivity contribution in [3.8, 4) is 11.5 Å². The second-order valence-electron chi connectivity index (χ2n) is 6.64. The van der Waals surface area contributed by atoms with E-state index in [4.69, 9.17) is 9.47 Å². The quantitative estimate of drug-likeness (QED) is 0.772. The van der Waals surface area contributed by atoms with E-state index in [0.717, 1.165) is 40.7 Å². The molecule has 6 heteroatoms. The number of para-hydroxylation sites is 1. The number of carbonyl (C=O) groups excluding carboxylic acids is 1. The molecule has 2 heterocycles. The van der Waals surface area contributed by atoms with Gasteiger partial charge in [0, 0.05) is 24.0 Å². The Hall–Kier alpha value is -2.18. The summed E-state index contributed by atoms with van der Waals surface area (Å²) in [7, 11) is 0. The third-order valence-corrected chi connectivity index (χ3v) is 5.56. The van der Waals surface area contributed by atoms with Gasteiger partial charge in [0.2, 0.25) is 12.7 Å². The number of piperazine rings is 1. The van der Waals surface area contributed by atoms with Gasteiger partial charge in [0.25, 0.3) is 0 Å². The van der Waals surface area contributed by atoms with Crippen molar-refractivity contribution in [2.75, 3.05) is 31.0 Å². The normalized spacial score (nSPS) is 19.8. The summed E-state index contributed by atoms with van der Waals surface area (Å²) in [6.45, 7) is 4.37. The molecule has 4 rings (SSSR count). The number of carbonyl (C=O) groups is 1. The molecule has 1 fully saturated rings. The molecular formula is C20H22N2O3S. The highest BCUT2D eigenvalue weighted by Crippen LogP contribution is 2.34. The number of hydrogen-bond donors (Lipinski definition) is 0. The second kappa shape index (κ2) is 7.21. The number of hydrogen-bond acceptors (Lipinski definition) is 5. The SMILES string of the molecule is CSc1ccccc1N1C(=O)CN(Cc2ccc3c(c2)OCO3)C[C@@H]1C. The van der Waals surface area contributed by atoms with Crippen LogP contribution in [0.1, 0.15) is 12.5 Å². The first-order valence-electron chi connectivity index (χ1n) is 8.71. The van der Waals surface area contributed by atoms with Gasteiger partial charge >= 0.3 is 0 Å². The lowest BCUT2D eigenvalue weighted by Crippen LogP contribution is -2.55. The van der Waals surface area contributed by atoms with E-state index in [2.05, 4.69) is 17.9 Å². The molecule has 2 aromatic carbocycles. The standard InChI is InChI=1S/C20H22N2O3S/c1-14-10-21(11-15-7-8-17-18(9-15)25-13-24-17)12-20(23)22(14)16-5-3-4-6-19(16)26-2/h3-9,14H,10-13H2,1-2H3/t14-/m0/s1. The van der Waals surface area contributed by atoms with E-state index in [-0.39, 0.29) is 18.7 Å². The fourth-order valence-electron chi connectivity index (χ4n) is 3.65. The van der Waals surface area contributed by atoms with Gasteiger partial charge in [-0.25, -0.2) is 0 Å². The third-order valence-electron chi connectivity index (χ3n) is 4.78. The van der Waals surface area contributed by atoms with Gasteiger partial charge in [0.1, 0.15) is 0 Å². The first-order chi connectivity index (χ1) is 12.7. The van der Waals surface area contributed by atoms with Gasteiger partial charge in [-0.1, -0.05) is 18.2 Å². The monoisotopic (exact) mass is 370 g/mol. The molecule has 2 aliphatic heterocycles. The predicted octanol–water partition coefficient (Wildman–Crippen LogP) is 3.37. The first-order valence-corrected chi connectivity index (χ1v) is 9.94. The van der Waals surface area contributed by atoms with Crippen molar-refractivity contribution in [3.63, 3.8) is 0 Å². The Morgan fingerprint density at radius 1 is 1.15 bits per heavy atom. The molecule has 1 atom stereocenters. The summed E-state index contributed by atoms with van der Waals surface area (Å²) < 4.78 is 10.8. The largest absolute Gasteiger partial charge is 0.454 e. The lowest BCUT2D eigenvalue weighted by atomic mass is 10.1. The van der Waals surface area contributed by atoms with Crippen LogP contribution in [0.25, 0.3) is 0 Å². The Kier molecular flexibility index (Phi) is 4.78. The average Bonchev–Trinajstić information content (AvgIpc) is 3.09. The lowest BCUT2D eigenvalue weighted by molar-refractivity contribution is -0.122. The zero-order valence-electron chi connectivity index (χ0n) is 15.0. The maximum atomic E-state index is 12.9. The van der Waals surface area contributed by atoms with Gasteiger partial charge in [0.05, 0.1) is 12.2 Å². The van der Waals surface area contributed by atoms with E-state index >= 15 is 0 Å². The number of nitrogens with zero attached hydrogens (tertiary/aromatic N) is 2. The molecule has 136 valence electrons. The highest BCUT2D eigenvalue weighted by Gasteiger charge is 2.32. The fraction of sp³-hybridized carbons (Fsp3) is 0.350. The first kappa shape index (κ1) is 17.2. The molecule has 0 bridgehead atoms. The topological polar surface area (TPSA) is 42.0 Å². The van der Waals surface area contributed by atoms with Gasteiger partial charge in [-0.2, -0.15) is 0 Å². The van der Waals surface area contributed by atoms with Crippen LogP contribution in [0.2, 0.25) is 0 Å². The molecule has 1 amide bonds. The highest BCUT2D eigenvalue weighted by molar-refractivity contribution is 7.98. The number of fused-ring (bicyclic) bond motifs is 1. The van der Waals surface area contributed by atoms with Crippen molar-refractivity contribution in [1.29, 1.82) is 0 Å². The van der Waals surface area contributed by atoms with Crippen LogP contribution in [0.15, 0.2) is 47.4 Å². The minimum Gasteiger partial charge on any atom is -0.454 e. The number of thioether (sulfide) groups is 1. The Bertz CT molecular complexity index is 826. The zero-order chi connectivity index (χ0) is 18.1. The van der Waals surface area contributed by atoms with Crippen molar-refractivity contribution >= 4 is 23.4 Å². The number of anilines is 1. The maximum absolute atomic E-state index is 12.9. The fourth-order valence-corrected chi connectivity index (χ4v) is 4.24. The predicted molar refractivity (Wildman–Crippen MR) is 103 cm³/mol. The number of amides is 1. The van der Waals surface area contributed by atoms with Crippen molar-refractivity contribution in [3.05, 3.63) is 48.0 Å². The smallest absolute Gasteiger partial charge is 0.241 e. The molecule has 0 aliphatic carbocycles. The second-order valence-corrected chi connectivity index (χ2v) is 7.49. The van der Waals surface area contributed by atoms with Crippen molar-refractivity contribution < 1.29 is 14.3 Å². The summed E-state index contributed by atoms with van der Waals surface area (Å²) in [6.07, 6.45) is 2.05. The molecule has 2 aliphatic rings. The summed E-state index contributed by atoms with van der Waals surface area (Å²) in [5, 5.41) is 0. The molecule has 0 radical (unpaired) electrons. The summed E-state index contributed by atoms with van der Waals surface area (Å²) in [6, 6.07) is 14.2.